The fraction of sp³-hybridized carbons (Fsp3) is 0.190. The summed E-state index contributed by atoms with van der Waals surface area (Å²) in [6.07, 6.45) is 0. The van der Waals surface area contributed by atoms with Crippen molar-refractivity contribution < 1.29 is 23.7 Å². The first-order chi connectivity index (χ1) is 12.7. The molecule has 0 saturated carbocycles. The first kappa shape index (κ1) is 17.6. The molecule has 0 aliphatic rings. The number of methoxy groups -OCH3 is 2. The summed E-state index contributed by atoms with van der Waals surface area (Å²) in [5.74, 6) is 1.47. The lowest BCUT2D eigenvalue weighted by atomic mass is 10.1. The number of carbonyl (C=O) groups excluding carboxylic acids is 1. The van der Waals surface area contributed by atoms with Crippen molar-refractivity contribution in [1.29, 1.82) is 0 Å². The summed E-state index contributed by atoms with van der Waals surface area (Å²) in [5, 5.41) is 2.17. The lowest BCUT2D eigenvalue weighted by Crippen LogP contribution is -2.15. The summed E-state index contributed by atoms with van der Waals surface area (Å²) in [5.41, 5.74) is 0.728. The molecular formula is C21H20O5. The van der Waals surface area contributed by atoms with Crippen molar-refractivity contribution in [3.63, 3.8) is 0 Å². The number of benzene rings is 3. The Kier molecular flexibility index (Phi) is 5.59. The smallest absolute Gasteiger partial charge is 0.344 e. The molecule has 3 aromatic carbocycles. The van der Waals surface area contributed by atoms with E-state index in [1.165, 1.54) is 0 Å². The third kappa shape index (κ3) is 4.25. The molecule has 0 amide bonds. The third-order valence-electron chi connectivity index (χ3n) is 3.95. The SMILES string of the molecule is COc1ccc(OC)c(COC(=O)COc2ccc3ccccc3c2)c1. The van der Waals surface area contributed by atoms with Crippen molar-refractivity contribution >= 4 is 16.7 Å². The molecule has 26 heavy (non-hydrogen) atoms. The van der Waals surface area contributed by atoms with Crippen LogP contribution in [-0.4, -0.2) is 26.8 Å². The van der Waals surface area contributed by atoms with Crippen LogP contribution in [-0.2, 0) is 16.1 Å². The van der Waals surface area contributed by atoms with E-state index in [0.717, 1.165) is 16.3 Å². The van der Waals surface area contributed by atoms with Gasteiger partial charge in [0.2, 0.25) is 0 Å². The Bertz CT molecular complexity index is 904. The molecule has 5 nitrogen and oxygen atoms in total. The van der Waals surface area contributed by atoms with Crippen molar-refractivity contribution in [2.24, 2.45) is 0 Å². The Balaban J connectivity index is 1.57. The summed E-state index contributed by atoms with van der Waals surface area (Å²) in [4.78, 5) is 12.0. The van der Waals surface area contributed by atoms with E-state index in [-0.39, 0.29) is 13.2 Å². The molecule has 0 aliphatic carbocycles. The van der Waals surface area contributed by atoms with Crippen LogP contribution in [0.3, 0.4) is 0 Å². The van der Waals surface area contributed by atoms with Gasteiger partial charge in [-0.15, -0.1) is 0 Å². The van der Waals surface area contributed by atoms with Gasteiger partial charge in [-0.05, 0) is 41.1 Å². The standard InChI is InChI=1S/C21H20O5/c1-23-18-9-10-20(24-2)17(12-18)13-26-21(22)14-25-19-8-7-15-5-3-4-6-16(15)11-19/h3-12H,13-14H2,1-2H3. The first-order valence-electron chi connectivity index (χ1n) is 8.17. The maximum Gasteiger partial charge on any atom is 0.344 e. The molecule has 0 fully saturated rings. The van der Waals surface area contributed by atoms with Gasteiger partial charge in [-0.3, -0.25) is 0 Å². The predicted molar refractivity (Wildman–Crippen MR) is 98.8 cm³/mol. The number of hydrogen-bond donors (Lipinski definition) is 0. The molecule has 0 radical (unpaired) electrons. The van der Waals surface area contributed by atoms with Crippen LogP contribution in [0.2, 0.25) is 0 Å². The molecule has 3 aromatic rings. The van der Waals surface area contributed by atoms with E-state index in [9.17, 15) is 4.79 Å². The topological polar surface area (TPSA) is 54.0 Å². The fourth-order valence-electron chi connectivity index (χ4n) is 2.59. The summed E-state index contributed by atoms with van der Waals surface area (Å²) in [6.45, 7) is -0.0785. The number of carbonyl (C=O) groups is 1. The minimum absolute atomic E-state index is 0.0836. The largest absolute Gasteiger partial charge is 0.497 e. The highest BCUT2D eigenvalue weighted by Crippen LogP contribution is 2.25. The molecule has 0 spiro atoms. The van der Waals surface area contributed by atoms with E-state index >= 15 is 0 Å². The third-order valence-corrected chi connectivity index (χ3v) is 3.95. The van der Waals surface area contributed by atoms with Crippen molar-refractivity contribution in [2.75, 3.05) is 20.8 Å². The average molecular weight is 352 g/mol. The summed E-state index contributed by atoms with van der Waals surface area (Å²) in [6, 6.07) is 19.0. The first-order valence-corrected chi connectivity index (χ1v) is 8.17. The maximum absolute atomic E-state index is 12.0. The summed E-state index contributed by atoms with van der Waals surface area (Å²) >= 11 is 0. The van der Waals surface area contributed by atoms with Gasteiger partial charge in [0.05, 0.1) is 14.2 Å². The van der Waals surface area contributed by atoms with Gasteiger partial charge in [0.1, 0.15) is 23.9 Å². The molecule has 0 bridgehead atoms. The Morgan fingerprint density at radius 1 is 0.846 bits per heavy atom. The van der Waals surface area contributed by atoms with Crippen LogP contribution < -0.4 is 14.2 Å². The van der Waals surface area contributed by atoms with Crippen LogP contribution in [0.5, 0.6) is 17.2 Å². The number of rotatable bonds is 7. The van der Waals surface area contributed by atoms with Crippen LogP contribution >= 0.6 is 0 Å². The second-order valence-corrected chi connectivity index (χ2v) is 5.64. The molecule has 134 valence electrons. The maximum atomic E-state index is 12.0. The van der Waals surface area contributed by atoms with E-state index < -0.39 is 5.97 Å². The van der Waals surface area contributed by atoms with Gasteiger partial charge in [-0.25, -0.2) is 4.79 Å². The fourth-order valence-corrected chi connectivity index (χ4v) is 2.59. The molecule has 0 N–H and O–H groups in total. The highest BCUT2D eigenvalue weighted by molar-refractivity contribution is 5.83. The summed E-state index contributed by atoms with van der Waals surface area (Å²) in [7, 11) is 3.14. The Hall–Kier alpha value is -3.21. The molecule has 0 saturated heterocycles. The quantitative estimate of drug-likeness (QED) is 0.602. The second kappa shape index (κ2) is 8.25. The van der Waals surface area contributed by atoms with Gasteiger partial charge < -0.3 is 18.9 Å². The lowest BCUT2D eigenvalue weighted by Gasteiger charge is -2.11. The summed E-state index contributed by atoms with van der Waals surface area (Å²) < 4.78 is 21.3. The van der Waals surface area contributed by atoms with E-state index in [1.54, 1.807) is 32.4 Å². The van der Waals surface area contributed by atoms with Crippen molar-refractivity contribution in [2.45, 2.75) is 6.61 Å². The highest BCUT2D eigenvalue weighted by atomic mass is 16.6. The molecule has 0 aromatic heterocycles. The molecule has 3 rings (SSSR count). The van der Waals surface area contributed by atoms with Gasteiger partial charge >= 0.3 is 5.97 Å². The van der Waals surface area contributed by atoms with E-state index in [4.69, 9.17) is 18.9 Å². The predicted octanol–water partition coefficient (Wildman–Crippen LogP) is 3.98. The zero-order valence-electron chi connectivity index (χ0n) is 14.7. The van der Waals surface area contributed by atoms with Crippen molar-refractivity contribution in [3.05, 3.63) is 66.2 Å². The Labute approximate surface area is 152 Å². The van der Waals surface area contributed by atoms with E-state index in [2.05, 4.69) is 0 Å². The minimum atomic E-state index is -0.456. The zero-order valence-corrected chi connectivity index (χ0v) is 14.7. The highest BCUT2D eigenvalue weighted by Gasteiger charge is 2.10. The van der Waals surface area contributed by atoms with Crippen molar-refractivity contribution in [1.82, 2.24) is 0 Å². The van der Waals surface area contributed by atoms with Crippen LogP contribution in [0.15, 0.2) is 60.7 Å². The van der Waals surface area contributed by atoms with Crippen LogP contribution in [0, 0.1) is 0 Å². The molecule has 0 heterocycles. The molecule has 5 heteroatoms. The van der Waals surface area contributed by atoms with E-state index in [0.29, 0.717) is 17.2 Å². The molecule has 0 unspecified atom stereocenters. The Morgan fingerprint density at radius 3 is 2.38 bits per heavy atom. The number of ether oxygens (including phenoxy) is 4. The number of hydrogen-bond acceptors (Lipinski definition) is 5. The monoisotopic (exact) mass is 352 g/mol. The van der Waals surface area contributed by atoms with Crippen LogP contribution in [0.4, 0.5) is 0 Å². The van der Waals surface area contributed by atoms with Crippen molar-refractivity contribution in [3.8, 4) is 17.2 Å². The zero-order chi connectivity index (χ0) is 18.4. The average Bonchev–Trinajstić information content (AvgIpc) is 2.70. The molecule has 0 aliphatic heterocycles. The normalized spacial score (nSPS) is 10.4. The van der Waals surface area contributed by atoms with Crippen LogP contribution in [0.25, 0.3) is 10.8 Å². The molecular weight excluding hydrogens is 332 g/mol. The van der Waals surface area contributed by atoms with Gasteiger partial charge in [0.15, 0.2) is 6.61 Å². The van der Waals surface area contributed by atoms with Gasteiger partial charge in [0.25, 0.3) is 0 Å². The Morgan fingerprint density at radius 2 is 1.62 bits per heavy atom. The lowest BCUT2D eigenvalue weighted by molar-refractivity contribution is -0.147. The number of fused-ring (bicyclic) bond motifs is 1. The minimum Gasteiger partial charge on any atom is -0.497 e. The van der Waals surface area contributed by atoms with Gasteiger partial charge in [0, 0.05) is 5.56 Å². The van der Waals surface area contributed by atoms with Gasteiger partial charge in [-0.2, -0.15) is 0 Å². The van der Waals surface area contributed by atoms with Crippen LogP contribution in [0.1, 0.15) is 5.56 Å². The molecule has 0 atom stereocenters. The number of esters is 1. The second-order valence-electron chi connectivity index (χ2n) is 5.64. The van der Waals surface area contributed by atoms with Gasteiger partial charge in [-0.1, -0.05) is 30.3 Å². The van der Waals surface area contributed by atoms with E-state index in [1.807, 2.05) is 42.5 Å².